The minimum absolute atomic E-state index is 0.0590. The Bertz CT molecular complexity index is 450. The molecule has 0 atom stereocenters. The average molecular weight is 274 g/mol. The predicted octanol–water partition coefficient (Wildman–Crippen LogP) is 2.91. The topological polar surface area (TPSA) is 32.3 Å². The van der Waals surface area contributed by atoms with Crippen molar-refractivity contribution in [3.05, 3.63) is 34.9 Å². The number of hydrogen-bond donors (Lipinski definition) is 1. The largest absolute Gasteiger partial charge is 0.352 e. The maximum absolute atomic E-state index is 12.1. The Labute approximate surface area is 122 Å². The van der Waals surface area contributed by atoms with Gasteiger partial charge in [0, 0.05) is 12.1 Å². The van der Waals surface area contributed by atoms with Crippen LogP contribution in [-0.2, 0) is 0 Å². The molecule has 1 aliphatic rings. The molecule has 1 aromatic rings. The summed E-state index contributed by atoms with van der Waals surface area (Å²) in [5, 5.41) is 3.03. The maximum Gasteiger partial charge on any atom is 0.251 e. The molecule has 0 bridgehead atoms. The number of nitrogens with zero attached hydrogens (tertiary/aromatic N) is 1. The summed E-state index contributed by atoms with van der Waals surface area (Å²) in [6, 6.07) is 5.97. The highest BCUT2D eigenvalue weighted by molar-refractivity contribution is 5.95. The van der Waals surface area contributed by atoms with E-state index in [0.29, 0.717) is 0 Å². The molecule has 1 aromatic carbocycles. The van der Waals surface area contributed by atoms with Crippen LogP contribution in [0.15, 0.2) is 18.2 Å². The number of amides is 1. The molecular weight excluding hydrogens is 248 g/mol. The molecular formula is C17H26N2O. The monoisotopic (exact) mass is 274 g/mol. The van der Waals surface area contributed by atoms with Crippen molar-refractivity contribution in [2.45, 2.75) is 39.5 Å². The van der Waals surface area contributed by atoms with Crippen LogP contribution < -0.4 is 5.32 Å². The van der Waals surface area contributed by atoms with Crippen LogP contribution in [0.4, 0.5) is 0 Å². The molecule has 110 valence electrons. The summed E-state index contributed by atoms with van der Waals surface area (Å²) in [6.45, 7) is 8.52. The number of nitrogens with one attached hydrogen (secondary N) is 1. The van der Waals surface area contributed by atoms with E-state index in [1.54, 1.807) is 0 Å². The van der Waals surface area contributed by atoms with Crippen LogP contribution in [0, 0.1) is 13.8 Å². The van der Waals surface area contributed by atoms with E-state index in [0.717, 1.165) is 24.1 Å². The lowest BCUT2D eigenvalue weighted by Crippen LogP contribution is -2.26. The Morgan fingerprint density at radius 1 is 1.20 bits per heavy atom. The van der Waals surface area contributed by atoms with Crippen LogP contribution in [0.25, 0.3) is 0 Å². The highest BCUT2D eigenvalue weighted by Crippen LogP contribution is 2.10. The molecule has 0 spiro atoms. The molecule has 1 aliphatic heterocycles. The lowest BCUT2D eigenvalue weighted by molar-refractivity contribution is 0.0952. The fourth-order valence-electron chi connectivity index (χ4n) is 2.83. The van der Waals surface area contributed by atoms with Crippen LogP contribution in [0.5, 0.6) is 0 Å². The Hall–Kier alpha value is -1.35. The van der Waals surface area contributed by atoms with Crippen molar-refractivity contribution in [2.75, 3.05) is 26.2 Å². The summed E-state index contributed by atoms with van der Waals surface area (Å²) < 4.78 is 0. The normalized spacial score (nSPS) is 15.5. The molecule has 0 radical (unpaired) electrons. The summed E-state index contributed by atoms with van der Waals surface area (Å²) in [7, 11) is 0. The summed E-state index contributed by atoms with van der Waals surface area (Å²) in [5.74, 6) is 0.0590. The third-order valence-corrected chi connectivity index (χ3v) is 4.01. The zero-order valence-corrected chi connectivity index (χ0v) is 12.7. The van der Waals surface area contributed by atoms with Gasteiger partial charge in [0.15, 0.2) is 0 Å². The molecule has 1 fully saturated rings. The van der Waals surface area contributed by atoms with Crippen molar-refractivity contribution in [1.82, 2.24) is 10.2 Å². The summed E-state index contributed by atoms with van der Waals surface area (Å²) in [5.41, 5.74) is 3.05. The summed E-state index contributed by atoms with van der Waals surface area (Å²) >= 11 is 0. The van der Waals surface area contributed by atoms with Crippen LogP contribution in [0.2, 0.25) is 0 Å². The van der Waals surface area contributed by atoms with Gasteiger partial charge in [-0.1, -0.05) is 17.7 Å². The number of carbonyl (C=O) groups is 1. The molecule has 2 rings (SSSR count). The molecule has 1 N–H and O–H groups in total. The molecule has 1 saturated heterocycles. The third kappa shape index (κ3) is 4.34. The van der Waals surface area contributed by atoms with Crippen LogP contribution >= 0.6 is 0 Å². The van der Waals surface area contributed by atoms with Crippen LogP contribution in [0.1, 0.15) is 47.2 Å². The SMILES string of the molecule is Cc1ccc(C(=O)NCCCCN2CCCC2)c(C)c1. The Kier molecular flexibility index (Phi) is 5.60. The second-order valence-corrected chi connectivity index (χ2v) is 5.83. The second-order valence-electron chi connectivity index (χ2n) is 5.83. The number of carbonyl (C=O) groups excluding carboxylic acids is 1. The summed E-state index contributed by atoms with van der Waals surface area (Å²) in [4.78, 5) is 14.6. The first-order chi connectivity index (χ1) is 9.66. The van der Waals surface area contributed by atoms with Gasteiger partial charge in [0.2, 0.25) is 0 Å². The van der Waals surface area contributed by atoms with E-state index in [9.17, 15) is 4.79 Å². The van der Waals surface area contributed by atoms with E-state index in [1.807, 2.05) is 26.0 Å². The van der Waals surface area contributed by atoms with Crippen molar-refractivity contribution < 1.29 is 4.79 Å². The second kappa shape index (κ2) is 7.44. The van der Waals surface area contributed by atoms with Gasteiger partial charge in [-0.2, -0.15) is 0 Å². The van der Waals surface area contributed by atoms with Gasteiger partial charge >= 0.3 is 0 Å². The average Bonchev–Trinajstić information content (AvgIpc) is 2.91. The number of aryl methyl sites for hydroxylation is 2. The van der Waals surface area contributed by atoms with E-state index in [1.165, 1.54) is 44.5 Å². The molecule has 1 heterocycles. The van der Waals surface area contributed by atoms with E-state index in [-0.39, 0.29) is 5.91 Å². The molecule has 0 aromatic heterocycles. The van der Waals surface area contributed by atoms with Crippen LogP contribution in [-0.4, -0.2) is 37.0 Å². The van der Waals surface area contributed by atoms with Gasteiger partial charge in [-0.25, -0.2) is 0 Å². The number of likely N-dealkylation sites (tertiary alicyclic amines) is 1. The molecule has 1 amide bonds. The van der Waals surface area contributed by atoms with Gasteiger partial charge in [0.1, 0.15) is 0 Å². The molecule has 3 nitrogen and oxygen atoms in total. The van der Waals surface area contributed by atoms with Gasteiger partial charge in [0.05, 0.1) is 0 Å². The minimum atomic E-state index is 0.0590. The van der Waals surface area contributed by atoms with E-state index in [4.69, 9.17) is 0 Å². The maximum atomic E-state index is 12.1. The van der Waals surface area contributed by atoms with Gasteiger partial charge < -0.3 is 10.2 Å². The van der Waals surface area contributed by atoms with Crippen molar-refractivity contribution in [2.24, 2.45) is 0 Å². The van der Waals surface area contributed by atoms with E-state index < -0.39 is 0 Å². The lowest BCUT2D eigenvalue weighted by Gasteiger charge is -2.14. The predicted molar refractivity (Wildman–Crippen MR) is 83.2 cm³/mol. The number of unbranched alkanes of at least 4 members (excludes halogenated alkanes) is 1. The van der Waals surface area contributed by atoms with Gasteiger partial charge in [-0.3, -0.25) is 4.79 Å². The minimum Gasteiger partial charge on any atom is -0.352 e. The fourth-order valence-corrected chi connectivity index (χ4v) is 2.83. The first-order valence-corrected chi connectivity index (χ1v) is 7.74. The zero-order valence-electron chi connectivity index (χ0n) is 12.7. The standard InChI is InChI=1S/C17H26N2O/c1-14-7-8-16(15(2)13-14)17(20)18-9-3-4-10-19-11-5-6-12-19/h7-8,13H,3-6,9-12H2,1-2H3,(H,18,20). The first kappa shape index (κ1) is 15.0. The number of benzene rings is 1. The highest BCUT2D eigenvalue weighted by atomic mass is 16.1. The van der Waals surface area contributed by atoms with Gasteiger partial charge in [-0.15, -0.1) is 0 Å². The molecule has 0 unspecified atom stereocenters. The van der Waals surface area contributed by atoms with Crippen molar-refractivity contribution in [3.63, 3.8) is 0 Å². The zero-order chi connectivity index (χ0) is 14.4. The number of hydrogen-bond acceptors (Lipinski definition) is 2. The van der Waals surface area contributed by atoms with E-state index in [2.05, 4.69) is 16.3 Å². The van der Waals surface area contributed by atoms with Crippen molar-refractivity contribution in [3.8, 4) is 0 Å². The van der Waals surface area contributed by atoms with Gasteiger partial charge in [0.25, 0.3) is 5.91 Å². The molecule has 0 aliphatic carbocycles. The Balaban J connectivity index is 1.66. The quantitative estimate of drug-likeness (QED) is 0.809. The Morgan fingerprint density at radius 3 is 2.65 bits per heavy atom. The first-order valence-electron chi connectivity index (χ1n) is 7.74. The van der Waals surface area contributed by atoms with Gasteiger partial charge in [-0.05, 0) is 70.8 Å². The molecule has 0 saturated carbocycles. The fraction of sp³-hybridized carbons (Fsp3) is 0.588. The molecule has 3 heteroatoms. The molecule has 20 heavy (non-hydrogen) atoms. The van der Waals surface area contributed by atoms with E-state index >= 15 is 0 Å². The summed E-state index contributed by atoms with van der Waals surface area (Å²) in [6.07, 6.45) is 4.94. The van der Waals surface area contributed by atoms with Crippen LogP contribution in [0.3, 0.4) is 0 Å². The van der Waals surface area contributed by atoms with Crippen molar-refractivity contribution in [1.29, 1.82) is 0 Å². The highest BCUT2D eigenvalue weighted by Gasteiger charge is 2.11. The Morgan fingerprint density at radius 2 is 1.95 bits per heavy atom. The van der Waals surface area contributed by atoms with Crippen molar-refractivity contribution >= 4 is 5.91 Å². The lowest BCUT2D eigenvalue weighted by atomic mass is 10.1. The number of rotatable bonds is 6. The smallest absolute Gasteiger partial charge is 0.251 e. The third-order valence-electron chi connectivity index (χ3n) is 4.01.